The topological polar surface area (TPSA) is 53.4 Å². The van der Waals surface area contributed by atoms with Gasteiger partial charge in [-0.15, -0.1) is 0 Å². The normalized spacial score (nSPS) is 11.8. The van der Waals surface area contributed by atoms with Gasteiger partial charge in [0.1, 0.15) is 5.69 Å². The molecule has 1 unspecified atom stereocenters. The first kappa shape index (κ1) is 16.8. The molecule has 0 fully saturated rings. The van der Waals surface area contributed by atoms with Gasteiger partial charge in [-0.3, -0.25) is 0 Å². The summed E-state index contributed by atoms with van der Waals surface area (Å²) < 4.78 is 12.6. The number of carbonyl (C=O) groups excluding carboxylic acids is 1. The van der Waals surface area contributed by atoms with E-state index in [0.29, 0.717) is 17.2 Å². The summed E-state index contributed by atoms with van der Waals surface area (Å²) in [4.78, 5) is 16.8. The predicted molar refractivity (Wildman–Crippen MR) is 95.2 cm³/mol. The third-order valence-corrected chi connectivity index (χ3v) is 4.10. The van der Waals surface area contributed by atoms with E-state index in [9.17, 15) is 4.79 Å². The summed E-state index contributed by atoms with van der Waals surface area (Å²) >= 11 is 0. The first-order chi connectivity index (χ1) is 12.1. The zero-order valence-corrected chi connectivity index (χ0v) is 14.5. The monoisotopic (exact) mass is 336 g/mol. The summed E-state index contributed by atoms with van der Waals surface area (Å²) in [5.74, 6) is 0.441. The van der Waals surface area contributed by atoms with E-state index in [1.165, 1.54) is 6.20 Å². The van der Waals surface area contributed by atoms with Crippen LogP contribution in [0.4, 0.5) is 0 Å². The van der Waals surface area contributed by atoms with Crippen LogP contribution < -0.4 is 9.47 Å². The van der Waals surface area contributed by atoms with Gasteiger partial charge in [0.2, 0.25) is 0 Å². The highest BCUT2D eigenvalue weighted by Gasteiger charge is 2.20. The Morgan fingerprint density at radius 1 is 1.12 bits per heavy atom. The van der Waals surface area contributed by atoms with Gasteiger partial charge in [-0.2, -0.15) is 0 Å². The number of rotatable bonds is 5. The lowest BCUT2D eigenvalue weighted by Crippen LogP contribution is -2.17. The van der Waals surface area contributed by atoms with Crippen LogP contribution in [0.25, 0.3) is 0 Å². The lowest BCUT2D eigenvalue weighted by Gasteiger charge is -2.17. The molecule has 3 rings (SSSR count). The minimum Gasteiger partial charge on any atom is -0.493 e. The van der Waals surface area contributed by atoms with E-state index in [2.05, 4.69) is 4.98 Å². The third kappa shape index (κ3) is 3.55. The van der Waals surface area contributed by atoms with Crippen LogP contribution in [-0.2, 0) is 0 Å². The van der Waals surface area contributed by atoms with Crippen molar-refractivity contribution in [3.63, 3.8) is 0 Å². The van der Waals surface area contributed by atoms with Gasteiger partial charge >= 0.3 is 5.97 Å². The summed E-state index contributed by atoms with van der Waals surface area (Å²) in [7, 11) is 1.55. The average molecular weight is 336 g/mol. The summed E-state index contributed by atoms with van der Waals surface area (Å²) in [6.07, 6.45) is 3.16. The van der Waals surface area contributed by atoms with Crippen LogP contribution in [0, 0.1) is 6.92 Å². The van der Waals surface area contributed by atoms with E-state index < -0.39 is 5.97 Å². The number of benzene rings is 2. The molecule has 0 bridgehead atoms. The molecule has 1 aromatic heterocycles. The van der Waals surface area contributed by atoms with Gasteiger partial charge in [0.15, 0.2) is 11.5 Å². The molecule has 2 aromatic carbocycles. The second-order valence-electron chi connectivity index (χ2n) is 5.82. The van der Waals surface area contributed by atoms with Crippen LogP contribution in [0.2, 0.25) is 0 Å². The molecule has 0 saturated carbocycles. The van der Waals surface area contributed by atoms with E-state index in [4.69, 9.17) is 9.47 Å². The lowest BCUT2D eigenvalue weighted by atomic mass is 10.1. The van der Waals surface area contributed by atoms with E-state index in [-0.39, 0.29) is 6.04 Å². The number of carbonyl (C=O) groups is 1. The Morgan fingerprint density at radius 3 is 2.60 bits per heavy atom. The number of hydrogen-bond donors (Lipinski definition) is 0. The summed E-state index contributed by atoms with van der Waals surface area (Å²) in [5, 5.41) is 0. The van der Waals surface area contributed by atoms with Gasteiger partial charge in [0.25, 0.3) is 0 Å². The van der Waals surface area contributed by atoms with Crippen molar-refractivity contribution in [3.8, 4) is 11.5 Å². The predicted octanol–water partition coefficient (Wildman–Crippen LogP) is 4.03. The standard InChI is InChI=1S/C20H20N2O3/c1-14-9-10-18(19(11-14)24-3)25-20(23)17-12-21-13-22(17)15(2)16-7-5-4-6-8-16/h4-13,15H,1-3H3. The van der Waals surface area contributed by atoms with E-state index >= 15 is 0 Å². The lowest BCUT2D eigenvalue weighted by molar-refractivity contribution is 0.0717. The SMILES string of the molecule is COc1cc(C)ccc1OC(=O)c1cncn1C(C)c1ccccc1. The van der Waals surface area contributed by atoms with Crippen molar-refractivity contribution in [2.45, 2.75) is 19.9 Å². The summed E-state index contributed by atoms with van der Waals surface area (Å²) in [5.41, 5.74) is 2.50. The first-order valence-corrected chi connectivity index (χ1v) is 8.03. The largest absolute Gasteiger partial charge is 0.493 e. The van der Waals surface area contributed by atoms with E-state index in [1.807, 2.05) is 56.3 Å². The molecule has 5 heteroatoms. The molecular weight excluding hydrogens is 316 g/mol. The van der Waals surface area contributed by atoms with Crippen LogP contribution in [0.15, 0.2) is 61.1 Å². The molecule has 25 heavy (non-hydrogen) atoms. The minimum absolute atomic E-state index is 0.0360. The zero-order valence-electron chi connectivity index (χ0n) is 14.5. The molecule has 128 valence electrons. The third-order valence-electron chi connectivity index (χ3n) is 4.10. The molecule has 0 saturated heterocycles. The van der Waals surface area contributed by atoms with Gasteiger partial charge in [0, 0.05) is 0 Å². The molecule has 1 heterocycles. The molecule has 0 radical (unpaired) electrons. The van der Waals surface area contributed by atoms with Crippen molar-refractivity contribution in [1.29, 1.82) is 0 Å². The molecule has 5 nitrogen and oxygen atoms in total. The quantitative estimate of drug-likeness (QED) is 0.521. The number of nitrogens with zero attached hydrogens (tertiary/aromatic N) is 2. The smallest absolute Gasteiger partial charge is 0.362 e. The number of aryl methyl sites for hydroxylation is 1. The van der Waals surface area contributed by atoms with Gasteiger partial charge < -0.3 is 14.0 Å². The number of hydrogen-bond acceptors (Lipinski definition) is 4. The van der Waals surface area contributed by atoms with Gasteiger partial charge in [0.05, 0.1) is 25.7 Å². The fourth-order valence-electron chi connectivity index (χ4n) is 2.67. The number of ether oxygens (including phenoxy) is 2. The molecule has 0 amide bonds. The number of esters is 1. The Labute approximate surface area is 146 Å². The van der Waals surface area contributed by atoms with Crippen LogP contribution in [0.3, 0.4) is 0 Å². The molecule has 0 aliphatic rings. The van der Waals surface area contributed by atoms with Crippen LogP contribution >= 0.6 is 0 Å². The average Bonchev–Trinajstić information content (AvgIpc) is 3.13. The van der Waals surface area contributed by atoms with Crippen molar-refractivity contribution in [2.75, 3.05) is 7.11 Å². The maximum atomic E-state index is 12.6. The van der Waals surface area contributed by atoms with Crippen LogP contribution in [-0.4, -0.2) is 22.6 Å². The van der Waals surface area contributed by atoms with Crippen molar-refractivity contribution in [1.82, 2.24) is 9.55 Å². The van der Waals surface area contributed by atoms with Crippen LogP contribution in [0.1, 0.15) is 34.6 Å². The van der Waals surface area contributed by atoms with Gasteiger partial charge in [-0.25, -0.2) is 9.78 Å². The minimum atomic E-state index is -0.470. The Balaban J connectivity index is 1.86. The molecule has 0 aliphatic heterocycles. The second kappa shape index (κ2) is 7.21. The Bertz CT molecular complexity index is 872. The summed E-state index contributed by atoms with van der Waals surface area (Å²) in [6, 6.07) is 15.3. The Hall–Kier alpha value is -3.08. The van der Waals surface area contributed by atoms with Crippen LogP contribution in [0.5, 0.6) is 11.5 Å². The zero-order chi connectivity index (χ0) is 17.8. The molecule has 1 atom stereocenters. The molecule has 0 N–H and O–H groups in total. The maximum Gasteiger partial charge on any atom is 0.362 e. The fraction of sp³-hybridized carbons (Fsp3) is 0.200. The van der Waals surface area contributed by atoms with Crippen molar-refractivity contribution in [3.05, 3.63) is 77.9 Å². The highest BCUT2D eigenvalue weighted by Crippen LogP contribution is 2.29. The maximum absolute atomic E-state index is 12.6. The molecule has 0 spiro atoms. The highest BCUT2D eigenvalue weighted by atomic mass is 16.6. The van der Waals surface area contributed by atoms with Gasteiger partial charge in [-0.05, 0) is 37.1 Å². The Kier molecular flexibility index (Phi) is 4.84. The Morgan fingerprint density at radius 2 is 1.88 bits per heavy atom. The number of methoxy groups -OCH3 is 1. The van der Waals surface area contributed by atoms with Crippen molar-refractivity contribution < 1.29 is 14.3 Å². The van der Waals surface area contributed by atoms with Crippen molar-refractivity contribution >= 4 is 5.97 Å². The molecule has 3 aromatic rings. The second-order valence-corrected chi connectivity index (χ2v) is 5.82. The van der Waals surface area contributed by atoms with Gasteiger partial charge in [-0.1, -0.05) is 36.4 Å². The fourth-order valence-corrected chi connectivity index (χ4v) is 2.67. The number of aromatic nitrogens is 2. The first-order valence-electron chi connectivity index (χ1n) is 8.03. The molecule has 0 aliphatic carbocycles. The number of imidazole rings is 1. The summed E-state index contributed by atoms with van der Waals surface area (Å²) in [6.45, 7) is 3.96. The molecular formula is C20H20N2O3. The van der Waals surface area contributed by atoms with E-state index in [1.54, 1.807) is 24.1 Å². The van der Waals surface area contributed by atoms with E-state index in [0.717, 1.165) is 11.1 Å². The highest BCUT2D eigenvalue weighted by molar-refractivity contribution is 5.89. The van der Waals surface area contributed by atoms with Crippen molar-refractivity contribution in [2.24, 2.45) is 0 Å².